The van der Waals surface area contributed by atoms with Crippen LogP contribution in [0.25, 0.3) is 0 Å². The molecule has 2 rings (SSSR count). The van der Waals surface area contributed by atoms with Crippen LogP contribution in [0, 0.1) is 0 Å². The summed E-state index contributed by atoms with van der Waals surface area (Å²) in [5, 5.41) is 10.7. The second-order valence-electron chi connectivity index (χ2n) is 4.03. The van der Waals surface area contributed by atoms with Crippen molar-refractivity contribution in [3.8, 4) is 0 Å². The van der Waals surface area contributed by atoms with Crippen LogP contribution in [0.15, 0.2) is 17.6 Å². The summed E-state index contributed by atoms with van der Waals surface area (Å²) in [6.07, 6.45) is 1.78. The van der Waals surface area contributed by atoms with Crippen molar-refractivity contribution >= 4 is 17.2 Å². The summed E-state index contributed by atoms with van der Waals surface area (Å²) in [5.74, 6) is 1.52. The number of aromatic nitrogens is 3. The molecule has 1 N–H and O–H groups in total. The van der Waals surface area contributed by atoms with E-state index in [1.807, 2.05) is 17.8 Å². The summed E-state index contributed by atoms with van der Waals surface area (Å²) in [4.78, 5) is 4.57. The number of aryl methyl sites for hydroxylation is 1. The van der Waals surface area contributed by atoms with E-state index in [2.05, 4.69) is 34.6 Å². The second kappa shape index (κ2) is 4.65. The summed E-state index contributed by atoms with van der Waals surface area (Å²) in [5.41, 5.74) is 1.09. The fraction of sp³-hybridized carbons (Fsp3) is 0.455. The summed E-state index contributed by atoms with van der Waals surface area (Å²) >= 11 is 1.73. The smallest absolute Gasteiger partial charge is 0.124 e. The predicted octanol–water partition coefficient (Wildman–Crippen LogP) is 2.61. The first-order valence-corrected chi connectivity index (χ1v) is 6.21. The maximum atomic E-state index is 4.57. The zero-order valence-corrected chi connectivity index (χ0v) is 10.6. The van der Waals surface area contributed by atoms with Gasteiger partial charge in [-0.2, -0.15) is 5.10 Å². The van der Waals surface area contributed by atoms with Gasteiger partial charge in [0.1, 0.15) is 5.82 Å². The van der Waals surface area contributed by atoms with E-state index in [1.165, 1.54) is 5.01 Å². The molecule has 0 amide bonds. The molecule has 2 aromatic heterocycles. The highest BCUT2D eigenvalue weighted by molar-refractivity contribution is 7.09. The second-order valence-corrected chi connectivity index (χ2v) is 4.92. The highest BCUT2D eigenvalue weighted by Gasteiger charge is 2.06. The highest BCUT2D eigenvalue weighted by Crippen LogP contribution is 2.19. The van der Waals surface area contributed by atoms with Crippen LogP contribution in [-0.2, 0) is 13.6 Å². The Hall–Kier alpha value is -1.36. The van der Waals surface area contributed by atoms with Crippen molar-refractivity contribution in [1.29, 1.82) is 0 Å². The average Bonchev–Trinajstić information content (AvgIpc) is 2.83. The van der Waals surface area contributed by atoms with E-state index in [1.54, 1.807) is 17.5 Å². The van der Waals surface area contributed by atoms with Gasteiger partial charge in [0.15, 0.2) is 0 Å². The number of hydrogen-bond donors (Lipinski definition) is 1. The third-order valence-corrected chi connectivity index (χ3v) is 3.53. The van der Waals surface area contributed by atoms with Gasteiger partial charge in [-0.25, -0.2) is 4.98 Å². The molecule has 0 spiro atoms. The Morgan fingerprint density at radius 2 is 2.31 bits per heavy atom. The van der Waals surface area contributed by atoms with Crippen LogP contribution in [0.2, 0.25) is 0 Å². The van der Waals surface area contributed by atoms with Gasteiger partial charge in [0.2, 0.25) is 0 Å². The van der Waals surface area contributed by atoms with Crippen molar-refractivity contribution in [2.75, 3.05) is 5.32 Å². The van der Waals surface area contributed by atoms with E-state index in [4.69, 9.17) is 0 Å². The first kappa shape index (κ1) is 11.1. The summed E-state index contributed by atoms with van der Waals surface area (Å²) in [6, 6.07) is 1.95. The molecule has 2 aromatic rings. The first-order chi connectivity index (χ1) is 7.66. The zero-order valence-electron chi connectivity index (χ0n) is 9.77. The van der Waals surface area contributed by atoms with Gasteiger partial charge in [0, 0.05) is 24.4 Å². The van der Waals surface area contributed by atoms with E-state index in [9.17, 15) is 0 Å². The predicted molar refractivity (Wildman–Crippen MR) is 66.7 cm³/mol. The lowest BCUT2D eigenvalue weighted by Gasteiger charge is -2.03. The van der Waals surface area contributed by atoms with Crippen LogP contribution in [0.3, 0.4) is 0 Å². The fourth-order valence-electron chi connectivity index (χ4n) is 1.40. The molecule has 2 heterocycles. The van der Waals surface area contributed by atoms with Crippen molar-refractivity contribution in [1.82, 2.24) is 14.8 Å². The molecule has 0 unspecified atom stereocenters. The molecule has 0 aromatic carbocycles. The third kappa shape index (κ3) is 2.41. The van der Waals surface area contributed by atoms with Gasteiger partial charge in [0.25, 0.3) is 0 Å². The minimum Gasteiger partial charge on any atom is -0.365 e. The van der Waals surface area contributed by atoms with Crippen molar-refractivity contribution in [3.63, 3.8) is 0 Å². The van der Waals surface area contributed by atoms with Crippen LogP contribution < -0.4 is 5.32 Å². The largest absolute Gasteiger partial charge is 0.365 e. The molecular weight excluding hydrogens is 220 g/mol. The van der Waals surface area contributed by atoms with E-state index in [0.29, 0.717) is 5.92 Å². The summed E-state index contributed by atoms with van der Waals surface area (Å²) in [6.45, 7) is 5.08. The Balaban J connectivity index is 1.97. The highest BCUT2D eigenvalue weighted by atomic mass is 32.1. The van der Waals surface area contributed by atoms with Gasteiger partial charge >= 0.3 is 0 Å². The number of thiazole rings is 1. The average molecular weight is 236 g/mol. The number of nitrogens with zero attached hydrogens (tertiary/aromatic N) is 3. The Bertz CT molecular complexity index is 458. The minimum atomic E-state index is 0.510. The van der Waals surface area contributed by atoms with E-state index >= 15 is 0 Å². The Morgan fingerprint density at radius 1 is 1.50 bits per heavy atom. The van der Waals surface area contributed by atoms with Crippen LogP contribution in [0.1, 0.15) is 30.5 Å². The zero-order chi connectivity index (χ0) is 11.5. The quantitative estimate of drug-likeness (QED) is 0.887. The molecule has 0 aliphatic rings. The molecule has 0 saturated carbocycles. The molecule has 0 fully saturated rings. The monoisotopic (exact) mass is 236 g/mol. The molecule has 0 radical (unpaired) electrons. The molecular formula is C11H16N4S. The Morgan fingerprint density at radius 3 is 2.88 bits per heavy atom. The van der Waals surface area contributed by atoms with Crippen molar-refractivity contribution < 1.29 is 0 Å². The van der Waals surface area contributed by atoms with Crippen LogP contribution in [-0.4, -0.2) is 14.8 Å². The first-order valence-electron chi connectivity index (χ1n) is 5.33. The van der Waals surface area contributed by atoms with E-state index in [0.717, 1.165) is 18.1 Å². The number of nitrogens with one attached hydrogen (secondary N) is 1. The van der Waals surface area contributed by atoms with Gasteiger partial charge in [0.05, 0.1) is 23.4 Å². The van der Waals surface area contributed by atoms with E-state index in [-0.39, 0.29) is 0 Å². The molecule has 0 atom stereocenters. The van der Waals surface area contributed by atoms with Gasteiger partial charge in [-0.3, -0.25) is 4.68 Å². The number of rotatable bonds is 4. The van der Waals surface area contributed by atoms with Gasteiger partial charge in [-0.1, -0.05) is 13.8 Å². The Kier molecular flexibility index (Phi) is 3.24. The van der Waals surface area contributed by atoms with Crippen molar-refractivity contribution in [2.45, 2.75) is 26.3 Å². The van der Waals surface area contributed by atoms with E-state index < -0.39 is 0 Å². The normalized spacial score (nSPS) is 11.0. The van der Waals surface area contributed by atoms with Crippen molar-refractivity contribution in [3.05, 3.63) is 28.3 Å². The maximum Gasteiger partial charge on any atom is 0.124 e. The molecule has 4 nitrogen and oxygen atoms in total. The van der Waals surface area contributed by atoms with Crippen molar-refractivity contribution in [2.24, 2.45) is 7.05 Å². The topological polar surface area (TPSA) is 42.7 Å². The fourth-order valence-corrected chi connectivity index (χ4v) is 2.23. The van der Waals surface area contributed by atoms with Crippen LogP contribution in [0.5, 0.6) is 0 Å². The maximum absolute atomic E-state index is 4.57. The number of hydrogen-bond acceptors (Lipinski definition) is 4. The van der Waals surface area contributed by atoms with Crippen LogP contribution >= 0.6 is 11.3 Å². The van der Waals surface area contributed by atoms with Gasteiger partial charge < -0.3 is 5.32 Å². The molecule has 86 valence electrons. The SMILES string of the molecule is CC(C)c1nc(CNc2ccnn2C)cs1. The lowest BCUT2D eigenvalue weighted by Crippen LogP contribution is -2.05. The molecule has 0 aliphatic heterocycles. The third-order valence-electron chi connectivity index (χ3n) is 2.33. The minimum absolute atomic E-state index is 0.510. The summed E-state index contributed by atoms with van der Waals surface area (Å²) < 4.78 is 1.82. The molecule has 0 bridgehead atoms. The Labute approximate surface area is 99.3 Å². The molecule has 16 heavy (non-hydrogen) atoms. The standard InChI is InChI=1S/C11H16N4S/c1-8(2)11-14-9(7-16-11)6-12-10-4-5-13-15(10)3/h4-5,7-8,12H,6H2,1-3H3. The lowest BCUT2D eigenvalue weighted by molar-refractivity contribution is 0.767. The molecule has 0 aliphatic carbocycles. The summed E-state index contributed by atoms with van der Waals surface area (Å²) in [7, 11) is 1.92. The van der Waals surface area contributed by atoms with Gasteiger partial charge in [-0.15, -0.1) is 11.3 Å². The van der Waals surface area contributed by atoms with Crippen LogP contribution in [0.4, 0.5) is 5.82 Å². The van der Waals surface area contributed by atoms with Gasteiger partial charge in [-0.05, 0) is 0 Å². The number of anilines is 1. The molecule has 0 saturated heterocycles. The molecule has 5 heteroatoms. The lowest BCUT2D eigenvalue weighted by atomic mass is 10.2.